The molecular formula is C14H13FN2O2. The maximum atomic E-state index is 13.3. The van der Waals surface area contributed by atoms with Crippen molar-refractivity contribution in [2.75, 3.05) is 5.32 Å². The zero-order valence-electron chi connectivity index (χ0n) is 10.1. The summed E-state index contributed by atoms with van der Waals surface area (Å²) in [6.07, 6.45) is 0. The maximum Gasteiger partial charge on any atom is 0.251 e. The number of benzene rings is 2. The van der Waals surface area contributed by atoms with Gasteiger partial charge in [0.15, 0.2) is 0 Å². The van der Waals surface area contributed by atoms with Gasteiger partial charge < -0.3 is 16.2 Å². The van der Waals surface area contributed by atoms with Gasteiger partial charge in [0.25, 0.3) is 5.91 Å². The summed E-state index contributed by atoms with van der Waals surface area (Å²) in [5.74, 6) is -1.29. The van der Waals surface area contributed by atoms with E-state index in [4.69, 9.17) is 5.73 Å². The lowest BCUT2D eigenvalue weighted by Crippen LogP contribution is -2.13. The molecule has 98 valence electrons. The number of phenols is 1. The lowest BCUT2D eigenvalue weighted by Gasteiger charge is -2.09. The highest BCUT2D eigenvalue weighted by Gasteiger charge is 2.09. The number of amides is 1. The van der Waals surface area contributed by atoms with Crippen molar-refractivity contribution in [2.45, 2.75) is 6.54 Å². The predicted molar refractivity (Wildman–Crippen MR) is 70.4 cm³/mol. The summed E-state index contributed by atoms with van der Waals surface area (Å²) >= 11 is 0. The molecule has 2 rings (SSSR count). The Kier molecular flexibility index (Phi) is 3.66. The first-order chi connectivity index (χ1) is 9.08. The lowest BCUT2D eigenvalue weighted by atomic mass is 10.1. The number of nitrogens with two attached hydrogens (primary N) is 1. The summed E-state index contributed by atoms with van der Waals surface area (Å²) in [7, 11) is 0. The molecule has 0 radical (unpaired) electrons. The van der Waals surface area contributed by atoms with Crippen LogP contribution in [0.1, 0.15) is 15.9 Å². The van der Waals surface area contributed by atoms with Gasteiger partial charge in [-0.3, -0.25) is 4.79 Å². The van der Waals surface area contributed by atoms with Crippen molar-refractivity contribution in [1.82, 2.24) is 0 Å². The second kappa shape index (κ2) is 5.39. The summed E-state index contributed by atoms with van der Waals surface area (Å²) in [5, 5.41) is 12.6. The summed E-state index contributed by atoms with van der Waals surface area (Å²) in [5.41, 5.74) is 6.16. The number of para-hydroxylation sites is 1. The number of carbonyl (C=O) groups is 1. The molecule has 0 unspecified atom stereocenters. The Bertz CT molecular complexity index is 614. The molecule has 4 nitrogen and oxygen atoms in total. The highest BCUT2D eigenvalue weighted by molar-refractivity contribution is 5.94. The number of hydrogen-bond donors (Lipinski definition) is 3. The van der Waals surface area contributed by atoms with E-state index in [0.717, 1.165) is 0 Å². The number of phenolic OH excluding ortho intramolecular Hbond substituents is 1. The van der Waals surface area contributed by atoms with E-state index >= 15 is 0 Å². The van der Waals surface area contributed by atoms with E-state index in [2.05, 4.69) is 5.32 Å². The van der Waals surface area contributed by atoms with Crippen LogP contribution in [0.2, 0.25) is 0 Å². The van der Waals surface area contributed by atoms with Crippen molar-refractivity contribution in [2.24, 2.45) is 5.73 Å². The van der Waals surface area contributed by atoms with E-state index in [1.807, 2.05) is 0 Å². The summed E-state index contributed by atoms with van der Waals surface area (Å²) < 4.78 is 13.3. The Labute approximate surface area is 109 Å². The van der Waals surface area contributed by atoms with Crippen molar-refractivity contribution < 1.29 is 14.3 Å². The van der Waals surface area contributed by atoms with Crippen LogP contribution in [-0.4, -0.2) is 11.0 Å². The van der Waals surface area contributed by atoms with Gasteiger partial charge in [0.2, 0.25) is 0 Å². The van der Waals surface area contributed by atoms with Crippen molar-refractivity contribution in [3.05, 3.63) is 59.4 Å². The third-order valence-corrected chi connectivity index (χ3v) is 2.71. The first-order valence-corrected chi connectivity index (χ1v) is 5.68. The second-order valence-corrected chi connectivity index (χ2v) is 4.04. The third kappa shape index (κ3) is 3.01. The van der Waals surface area contributed by atoms with E-state index in [-0.39, 0.29) is 11.3 Å². The number of hydrogen-bond acceptors (Lipinski definition) is 3. The van der Waals surface area contributed by atoms with Gasteiger partial charge in [-0.15, -0.1) is 0 Å². The molecule has 0 aliphatic heterocycles. The van der Waals surface area contributed by atoms with Crippen molar-refractivity contribution in [3.63, 3.8) is 0 Å². The monoisotopic (exact) mass is 260 g/mol. The molecule has 1 amide bonds. The first kappa shape index (κ1) is 12.9. The second-order valence-electron chi connectivity index (χ2n) is 4.04. The molecule has 0 saturated heterocycles. The number of carbonyl (C=O) groups excluding carboxylic acids is 1. The minimum atomic E-state index is -0.816. The van der Waals surface area contributed by atoms with Crippen molar-refractivity contribution in [1.29, 1.82) is 0 Å². The third-order valence-electron chi connectivity index (χ3n) is 2.71. The Balaban J connectivity index is 2.14. The predicted octanol–water partition coefficient (Wildman–Crippen LogP) is 2.24. The number of anilines is 1. The lowest BCUT2D eigenvalue weighted by molar-refractivity contribution is 0.0996. The molecule has 0 aliphatic rings. The molecule has 0 atom stereocenters. The smallest absolute Gasteiger partial charge is 0.251 e. The quantitative estimate of drug-likeness (QED) is 0.789. The molecule has 19 heavy (non-hydrogen) atoms. The molecule has 2 aromatic rings. The number of primary amides is 1. The number of nitrogens with one attached hydrogen (secondary N) is 1. The van der Waals surface area contributed by atoms with Crippen LogP contribution in [0, 0.1) is 5.82 Å². The molecule has 0 aliphatic carbocycles. The normalized spacial score (nSPS) is 10.2. The number of rotatable bonds is 4. The van der Waals surface area contributed by atoms with Gasteiger partial charge in [0.1, 0.15) is 11.6 Å². The van der Waals surface area contributed by atoms with Gasteiger partial charge in [-0.05, 0) is 24.3 Å². The van der Waals surface area contributed by atoms with Crippen LogP contribution in [0.25, 0.3) is 0 Å². The Morgan fingerprint density at radius 1 is 1.26 bits per heavy atom. The van der Waals surface area contributed by atoms with Crippen LogP contribution in [0.4, 0.5) is 10.1 Å². The van der Waals surface area contributed by atoms with Crippen LogP contribution in [0.3, 0.4) is 0 Å². The standard InChI is InChI=1S/C14H13FN2O2/c15-12-6-5-10(7-11(12)14(16)19)17-8-9-3-1-2-4-13(9)18/h1-7,17-18H,8H2,(H2,16,19). The Morgan fingerprint density at radius 3 is 2.68 bits per heavy atom. The SMILES string of the molecule is NC(=O)c1cc(NCc2ccccc2O)ccc1F. The number of halogens is 1. The molecule has 4 N–H and O–H groups in total. The fraction of sp³-hybridized carbons (Fsp3) is 0.0714. The van der Waals surface area contributed by atoms with Gasteiger partial charge in [-0.1, -0.05) is 18.2 Å². The Hall–Kier alpha value is -2.56. The molecular weight excluding hydrogens is 247 g/mol. The zero-order valence-corrected chi connectivity index (χ0v) is 10.1. The largest absolute Gasteiger partial charge is 0.508 e. The molecule has 0 heterocycles. The molecule has 0 fully saturated rings. The zero-order chi connectivity index (χ0) is 13.8. The van der Waals surface area contributed by atoms with E-state index in [1.54, 1.807) is 24.3 Å². The van der Waals surface area contributed by atoms with Crippen molar-refractivity contribution in [3.8, 4) is 5.75 Å². The van der Waals surface area contributed by atoms with Crippen LogP contribution in [0.5, 0.6) is 5.75 Å². The fourth-order valence-corrected chi connectivity index (χ4v) is 1.68. The minimum Gasteiger partial charge on any atom is -0.508 e. The average molecular weight is 260 g/mol. The molecule has 0 bridgehead atoms. The minimum absolute atomic E-state index is 0.165. The van der Waals surface area contributed by atoms with Crippen LogP contribution >= 0.6 is 0 Å². The van der Waals surface area contributed by atoms with Gasteiger partial charge in [-0.25, -0.2) is 4.39 Å². The Morgan fingerprint density at radius 2 is 2.00 bits per heavy atom. The maximum absolute atomic E-state index is 13.3. The molecule has 2 aromatic carbocycles. The number of aromatic hydroxyl groups is 1. The highest BCUT2D eigenvalue weighted by atomic mass is 19.1. The highest BCUT2D eigenvalue weighted by Crippen LogP contribution is 2.19. The van der Waals surface area contributed by atoms with Gasteiger partial charge in [0, 0.05) is 17.8 Å². The summed E-state index contributed by atoms with van der Waals surface area (Å²) in [6.45, 7) is 0.358. The van der Waals surface area contributed by atoms with Crippen LogP contribution < -0.4 is 11.1 Å². The van der Waals surface area contributed by atoms with E-state index in [0.29, 0.717) is 17.8 Å². The average Bonchev–Trinajstić information content (AvgIpc) is 2.39. The van der Waals surface area contributed by atoms with E-state index in [9.17, 15) is 14.3 Å². The topological polar surface area (TPSA) is 75.4 Å². The fourth-order valence-electron chi connectivity index (χ4n) is 1.68. The van der Waals surface area contributed by atoms with Crippen molar-refractivity contribution >= 4 is 11.6 Å². The summed E-state index contributed by atoms with van der Waals surface area (Å²) in [6, 6.07) is 10.9. The van der Waals surface area contributed by atoms with Crippen LogP contribution in [0.15, 0.2) is 42.5 Å². The molecule has 0 aromatic heterocycles. The summed E-state index contributed by atoms with van der Waals surface area (Å²) in [4.78, 5) is 11.0. The van der Waals surface area contributed by atoms with Gasteiger partial charge >= 0.3 is 0 Å². The van der Waals surface area contributed by atoms with E-state index < -0.39 is 11.7 Å². The van der Waals surface area contributed by atoms with Crippen LogP contribution in [-0.2, 0) is 6.54 Å². The molecule has 0 saturated carbocycles. The first-order valence-electron chi connectivity index (χ1n) is 5.68. The molecule has 5 heteroatoms. The van der Waals surface area contributed by atoms with E-state index in [1.165, 1.54) is 18.2 Å². The molecule has 0 spiro atoms. The van der Waals surface area contributed by atoms with Gasteiger partial charge in [-0.2, -0.15) is 0 Å². The van der Waals surface area contributed by atoms with Gasteiger partial charge in [0.05, 0.1) is 5.56 Å².